The summed E-state index contributed by atoms with van der Waals surface area (Å²) < 4.78 is 10.3. The molecule has 1 aliphatic heterocycles. The van der Waals surface area contributed by atoms with Crippen molar-refractivity contribution in [2.75, 3.05) is 25.6 Å². The summed E-state index contributed by atoms with van der Waals surface area (Å²) in [4.78, 5) is 15.8. The van der Waals surface area contributed by atoms with Gasteiger partial charge in [0.05, 0.1) is 12.7 Å². The molecule has 5 nitrogen and oxygen atoms in total. The molecule has 1 aliphatic rings. The summed E-state index contributed by atoms with van der Waals surface area (Å²) in [6.07, 6.45) is 2.09. The first-order valence-electron chi connectivity index (χ1n) is 5.66. The average Bonchev–Trinajstić information content (AvgIpc) is 2.93. The third-order valence-electron chi connectivity index (χ3n) is 2.87. The zero-order valence-corrected chi connectivity index (χ0v) is 11.9. The number of thiazole rings is 1. The first-order chi connectivity index (χ1) is 8.54. The van der Waals surface area contributed by atoms with Crippen LogP contribution >= 0.6 is 22.9 Å². The predicted octanol–water partition coefficient (Wildman–Crippen LogP) is 2.56. The molecular weight excluding hydrogens is 276 g/mol. The number of aromatic nitrogens is 1. The molecule has 1 saturated heterocycles. The zero-order chi connectivity index (χ0) is 13.2. The van der Waals surface area contributed by atoms with Gasteiger partial charge in [-0.3, -0.25) is 0 Å². The number of hydrogen-bond donors (Lipinski definition) is 1. The van der Waals surface area contributed by atoms with Crippen LogP contribution in [-0.4, -0.2) is 36.8 Å². The minimum absolute atomic E-state index is 0.163. The number of rotatable bonds is 4. The largest absolute Gasteiger partial charge is 0.465 e. The third-order valence-corrected chi connectivity index (χ3v) is 4.25. The number of hydrogen-bond acceptors (Lipinski definition) is 6. The van der Waals surface area contributed by atoms with Gasteiger partial charge in [0.2, 0.25) is 0 Å². The Hall–Kier alpha value is -0.850. The SMILES string of the molecule is COC(=O)c1sc(NCC2(C)CCCO2)nc1Cl. The van der Waals surface area contributed by atoms with Crippen LogP contribution < -0.4 is 5.32 Å². The second-order valence-electron chi connectivity index (χ2n) is 4.39. The van der Waals surface area contributed by atoms with Gasteiger partial charge in [-0.15, -0.1) is 0 Å². The smallest absolute Gasteiger partial charge is 0.351 e. The lowest BCUT2D eigenvalue weighted by atomic mass is 10.0. The van der Waals surface area contributed by atoms with Crippen molar-refractivity contribution in [3.8, 4) is 0 Å². The van der Waals surface area contributed by atoms with E-state index in [2.05, 4.69) is 22.0 Å². The fourth-order valence-electron chi connectivity index (χ4n) is 1.83. The predicted molar refractivity (Wildman–Crippen MR) is 70.5 cm³/mol. The molecule has 1 unspecified atom stereocenters. The Morgan fingerprint density at radius 2 is 2.50 bits per heavy atom. The molecule has 1 aromatic heterocycles. The lowest BCUT2D eigenvalue weighted by Gasteiger charge is -2.22. The van der Waals surface area contributed by atoms with E-state index in [1.54, 1.807) is 0 Å². The lowest BCUT2D eigenvalue weighted by Crippen LogP contribution is -2.32. The summed E-state index contributed by atoms with van der Waals surface area (Å²) in [7, 11) is 1.32. The van der Waals surface area contributed by atoms with Gasteiger partial charge in [-0.1, -0.05) is 22.9 Å². The summed E-state index contributed by atoms with van der Waals surface area (Å²) >= 11 is 7.07. The Kier molecular flexibility index (Phi) is 4.09. The lowest BCUT2D eigenvalue weighted by molar-refractivity contribution is 0.0315. The maximum absolute atomic E-state index is 11.4. The molecule has 100 valence electrons. The van der Waals surface area contributed by atoms with Crippen LogP contribution in [-0.2, 0) is 9.47 Å². The van der Waals surface area contributed by atoms with Gasteiger partial charge in [-0.2, -0.15) is 0 Å². The number of carbonyl (C=O) groups excluding carboxylic acids is 1. The Balaban J connectivity index is 2.00. The number of ether oxygens (including phenoxy) is 2. The van der Waals surface area contributed by atoms with Gasteiger partial charge >= 0.3 is 5.97 Å². The van der Waals surface area contributed by atoms with Crippen LogP contribution in [0.2, 0.25) is 5.15 Å². The van der Waals surface area contributed by atoms with E-state index in [9.17, 15) is 4.79 Å². The second kappa shape index (κ2) is 5.42. The van der Waals surface area contributed by atoms with Gasteiger partial charge < -0.3 is 14.8 Å². The molecule has 0 aromatic carbocycles. The van der Waals surface area contributed by atoms with Crippen molar-refractivity contribution in [3.63, 3.8) is 0 Å². The zero-order valence-electron chi connectivity index (χ0n) is 10.3. The van der Waals surface area contributed by atoms with Crippen molar-refractivity contribution in [2.24, 2.45) is 0 Å². The number of nitrogens with one attached hydrogen (secondary N) is 1. The average molecular weight is 291 g/mol. The molecule has 2 rings (SSSR count). The number of nitrogens with zero attached hydrogens (tertiary/aromatic N) is 1. The normalized spacial score (nSPS) is 23.1. The second-order valence-corrected chi connectivity index (χ2v) is 5.74. The third kappa shape index (κ3) is 2.93. The summed E-state index contributed by atoms with van der Waals surface area (Å²) in [6.45, 7) is 3.51. The summed E-state index contributed by atoms with van der Waals surface area (Å²) in [5.41, 5.74) is -0.163. The highest BCUT2D eigenvalue weighted by molar-refractivity contribution is 7.18. The van der Waals surface area contributed by atoms with Gasteiger partial charge in [0.15, 0.2) is 15.2 Å². The molecule has 2 heterocycles. The van der Waals surface area contributed by atoms with E-state index in [1.807, 2.05) is 0 Å². The van der Waals surface area contributed by atoms with Crippen molar-refractivity contribution in [3.05, 3.63) is 10.0 Å². The molecule has 7 heteroatoms. The Morgan fingerprint density at radius 1 is 1.72 bits per heavy atom. The minimum Gasteiger partial charge on any atom is -0.465 e. The topological polar surface area (TPSA) is 60.5 Å². The van der Waals surface area contributed by atoms with Crippen LogP contribution in [0.1, 0.15) is 29.4 Å². The summed E-state index contributed by atoms with van der Waals surface area (Å²) in [5.74, 6) is -0.464. The number of methoxy groups -OCH3 is 1. The summed E-state index contributed by atoms with van der Waals surface area (Å²) in [5, 5.41) is 3.94. The van der Waals surface area contributed by atoms with E-state index in [0.29, 0.717) is 16.6 Å². The van der Waals surface area contributed by atoms with Crippen LogP contribution in [0.15, 0.2) is 0 Å². The van der Waals surface area contributed by atoms with Gasteiger partial charge in [-0.05, 0) is 19.8 Å². The first kappa shape index (κ1) is 13.6. The Labute approximate surface area is 114 Å². The van der Waals surface area contributed by atoms with Crippen LogP contribution in [0.3, 0.4) is 0 Å². The van der Waals surface area contributed by atoms with E-state index in [4.69, 9.17) is 16.3 Å². The molecule has 1 fully saturated rings. The molecule has 0 bridgehead atoms. The molecule has 0 aliphatic carbocycles. The maximum atomic E-state index is 11.4. The number of halogens is 1. The quantitative estimate of drug-likeness (QED) is 0.864. The molecule has 1 aromatic rings. The number of anilines is 1. The van der Waals surface area contributed by atoms with Crippen LogP contribution in [0.5, 0.6) is 0 Å². The molecule has 0 amide bonds. The van der Waals surface area contributed by atoms with E-state index in [-0.39, 0.29) is 10.8 Å². The highest BCUT2D eigenvalue weighted by atomic mass is 35.5. The monoisotopic (exact) mass is 290 g/mol. The highest BCUT2D eigenvalue weighted by Gasteiger charge is 2.30. The van der Waals surface area contributed by atoms with Crippen molar-refractivity contribution >= 4 is 34.0 Å². The summed E-state index contributed by atoms with van der Waals surface area (Å²) in [6, 6.07) is 0. The minimum atomic E-state index is -0.464. The number of esters is 1. The van der Waals surface area contributed by atoms with E-state index in [0.717, 1.165) is 19.4 Å². The molecule has 0 saturated carbocycles. The van der Waals surface area contributed by atoms with E-state index < -0.39 is 5.97 Å². The van der Waals surface area contributed by atoms with Gasteiger partial charge in [-0.25, -0.2) is 9.78 Å². The maximum Gasteiger partial charge on any atom is 0.351 e. The van der Waals surface area contributed by atoms with Crippen molar-refractivity contribution < 1.29 is 14.3 Å². The Bertz CT molecular complexity index is 443. The van der Waals surface area contributed by atoms with Gasteiger partial charge in [0.1, 0.15) is 0 Å². The van der Waals surface area contributed by atoms with Crippen LogP contribution in [0.25, 0.3) is 0 Å². The molecule has 1 atom stereocenters. The van der Waals surface area contributed by atoms with Gasteiger partial charge in [0.25, 0.3) is 0 Å². The Morgan fingerprint density at radius 3 is 3.11 bits per heavy atom. The van der Waals surface area contributed by atoms with E-state index >= 15 is 0 Å². The fraction of sp³-hybridized carbons (Fsp3) is 0.636. The van der Waals surface area contributed by atoms with Crippen LogP contribution in [0.4, 0.5) is 5.13 Å². The molecule has 0 spiro atoms. The van der Waals surface area contributed by atoms with Crippen molar-refractivity contribution in [2.45, 2.75) is 25.4 Å². The van der Waals surface area contributed by atoms with E-state index in [1.165, 1.54) is 18.4 Å². The van der Waals surface area contributed by atoms with Gasteiger partial charge in [0, 0.05) is 13.2 Å². The number of carbonyl (C=O) groups is 1. The van der Waals surface area contributed by atoms with Crippen molar-refractivity contribution in [1.82, 2.24) is 4.98 Å². The standard InChI is InChI=1S/C11H15ClN2O3S/c1-11(4-3-5-17-11)6-13-10-14-8(12)7(18-10)9(15)16-2/h3-6H2,1-2H3,(H,13,14). The molecular formula is C11H15ClN2O3S. The fourth-order valence-corrected chi connectivity index (χ4v) is 2.93. The molecule has 0 radical (unpaired) electrons. The molecule has 1 N–H and O–H groups in total. The highest BCUT2D eigenvalue weighted by Crippen LogP contribution is 2.30. The van der Waals surface area contributed by atoms with Crippen molar-refractivity contribution in [1.29, 1.82) is 0 Å². The first-order valence-corrected chi connectivity index (χ1v) is 6.86. The van der Waals surface area contributed by atoms with Crippen LogP contribution in [0, 0.1) is 0 Å². The molecule has 18 heavy (non-hydrogen) atoms.